The van der Waals surface area contributed by atoms with Crippen LogP contribution in [0.15, 0.2) is 121 Å². The Hall–Kier alpha value is -10.0. The van der Waals surface area contributed by atoms with Crippen LogP contribution in [0.25, 0.3) is 45.6 Å². The first-order valence-corrected chi connectivity index (χ1v) is 51.5. The number of nitrogens with one attached hydrogen (secondary N) is 6. The zero-order valence-electron chi connectivity index (χ0n) is 83.3. The number of morpholine rings is 1. The predicted octanol–water partition coefficient (Wildman–Crippen LogP) is 12.4. The van der Waals surface area contributed by atoms with Crippen molar-refractivity contribution in [2.24, 2.45) is 0 Å². The van der Waals surface area contributed by atoms with Gasteiger partial charge in [0, 0.05) is 176 Å². The summed E-state index contributed by atoms with van der Waals surface area (Å²) in [6.07, 6.45) is 30.2. The number of aromatic nitrogens is 8. The molecule has 4 aromatic carbocycles. The Kier molecular flexibility index (Phi) is 40.5. The zero-order valence-corrected chi connectivity index (χ0v) is 83.3. The van der Waals surface area contributed by atoms with Crippen LogP contribution in [-0.2, 0) is 9.47 Å². The number of aliphatic hydroxyl groups is 6. The van der Waals surface area contributed by atoms with Crippen molar-refractivity contribution in [3.8, 4) is 68.5 Å². The minimum absolute atomic E-state index is 0.101. The highest BCUT2D eigenvalue weighted by Crippen LogP contribution is 2.41. The number of likely N-dealkylation sites (N-methyl/N-ethyl adjacent to an activating group) is 4. The molecule has 6 heterocycles. The van der Waals surface area contributed by atoms with Gasteiger partial charge in [-0.15, -0.1) is 0 Å². The predicted molar refractivity (Wildman–Crippen MR) is 549 cm³/mol. The largest absolute Gasteiger partial charge is 0.491 e. The van der Waals surface area contributed by atoms with Crippen LogP contribution in [0.3, 0.4) is 0 Å². The Labute approximate surface area is 822 Å². The summed E-state index contributed by atoms with van der Waals surface area (Å²) in [6.45, 7) is 7.21. The Bertz CT molecular complexity index is 5030. The molecule has 758 valence electrons. The van der Waals surface area contributed by atoms with Crippen LogP contribution < -0.4 is 75.3 Å². The molecule has 0 spiro atoms. The monoisotopic (exact) mass is 1920 g/mol. The SMILES string of the molecule is CNCC(O)COc1cccc(-c2nc(C(=O)N(C)C3CCOCC3)cc(N(C)C3CCCCC3)n2)c1.CNCC(O)COc1cccc(-c2nc(N3CCOCC3)cc(N(C3CCCCC3)C3CC3)n2)c1.CNCC(O)COc1cccc(-c2nc(NC3CC(O)C3)cc(N(C)C3CCCCC3)n2)c1.CNCC(O)COc1cccc(-c2nc(N[C@@H]3CC[C@@H](O)C3)cc(N(C)C3CCCCC3)n2)c1. The van der Waals surface area contributed by atoms with E-state index in [1.807, 2.05) is 134 Å². The lowest BCUT2D eigenvalue weighted by Gasteiger charge is -2.36. The van der Waals surface area contributed by atoms with E-state index in [1.54, 1.807) is 21.1 Å². The molecule has 1 amide bonds. The Balaban J connectivity index is 0.000000148. The Morgan fingerprint density at radius 1 is 0.374 bits per heavy atom. The molecule has 4 unspecified atom stereocenters. The molecule has 2 aliphatic heterocycles. The maximum Gasteiger partial charge on any atom is 0.272 e. The molecule has 9 fully saturated rings. The number of carbonyl (C=O) groups is 1. The first-order chi connectivity index (χ1) is 67.7. The molecule has 8 aromatic rings. The van der Waals surface area contributed by atoms with Gasteiger partial charge >= 0.3 is 0 Å². The van der Waals surface area contributed by atoms with E-state index in [0.717, 1.165) is 153 Å². The van der Waals surface area contributed by atoms with E-state index in [9.17, 15) is 35.4 Å². The van der Waals surface area contributed by atoms with E-state index in [0.29, 0.717) is 116 Å². The van der Waals surface area contributed by atoms with Crippen molar-refractivity contribution < 1.29 is 63.9 Å². The first kappa shape index (κ1) is 105. The van der Waals surface area contributed by atoms with Crippen molar-refractivity contribution in [1.29, 1.82) is 0 Å². The van der Waals surface area contributed by atoms with Crippen LogP contribution >= 0.6 is 0 Å². The van der Waals surface area contributed by atoms with Crippen LogP contribution in [0, 0.1) is 0 Å². The van der Waals surface area contributed by atoms with Gasteiger partial charge in [-0.05, 0) is 186 Å². The minimum atomic E-state index is -0.609. The van der Waals surface area contributed by atoms with Gasteiger partial charge in [0.05, 0.1) is 25.4 Å². The van der Waals surface area contributed by atoms with E-state index in [2.05, 4.69) is 83.6 Å². The summed E-state index contributed by atoms with van der Waals surface area (Å²) < 4.78 is 34.4. The van der Waals surface area contributed by atoms with Crippen molar-refractivity contribution in [2.45, 2.75) is 271 Å². The van der Waals surface area contributed by atoms with Crippen LogP contribution in [0.2, 0.25) is 0 Å². The lowest BCUT2D eigenvalue weighted by atomic mass is 9.89. The quantitative estimate of drug-likeness (QED) is 0.0170. The van der Waals surface area contributed by atoms with Gasteiger partial charge < -0.3 is 120 Å². The second-order valence-corrected chi connectivity index (χ2v) is 39.2. The van der Waals surface area contributed by atoms with E-state index in [1.165, 1.54) is 128 Å². The van der Waals surface area contributed by atoms with Crippen LogP contribution in [0.4, 0.5) is 40.7 Å². The molecule has 2 saturated heterocycles. The molecule has 33 nitrogen and oxygen atoms in total. The van der Waals surface area contributed by atoms with Gasteiger partial charge in [0.15, 0.2) is 23.3 Å². The van der Waals surface area contributed by atoms with E-state index in [4.69, 9.17) is 68.3 Å². The summed E-state index contributed by atoms with van der Waals surface area (Å²) in [5.74, 6) is 11.3. The normalized spacial score (nSPS) is 20.3. The molecule has 9 aliphatic rings. The van der Waals surface area contributed by atoms with Crippen molar-refractivity contribution in [2.75, 3.05) is 184 Å². The smallest absolute Gasteiger partial charge is 0.272 e. The molecule has 7 saturated carbocycles. The van der Waals surface area contributed by atoms with Gasteiger partial charge in [0.2, 0.25) is 0 Å². The van der Waals surface area contributed by atoms with Crippen LogP contribution in [0.1, 0.15) is 197 Å². The lowest BCUT2D eigenvalue weighted by Crippen LogP contribution is -2.41. The fourth-order valence-electron chi connectivity index (χ4n) is 20.0. The van der Waals surface area contributed by atoms with Crippen molar-refractivity contribution in [1.82, 2.24) is 66.0 Å². The van der Waals surface area contributed by atoms with E-state index >= 15 is 0 Å². The number of amides is 1. The minimum Gasteiger partial charge on any atom is -0.491 e. The number of nitrogens with zero attached hydrogens (tertiary/aromatic N) is 14. The summed E-state index contributed by atoms with van der Waals surface area (Å²) in [7, 11) is 15.4. The number of hydrogen-bond acceptors (Lipinski definition) is 32. The van der Waals surface area contributed by atoms with Crippen molar-refractivity contribution in [3.63, 3.8) is 0 Å². The van der Waals surface area contributed by atoms with E-state index in [-0.39, 0.29) is 62.7 Å². The molecule has 7 aliphatic carbocycles. The van der Waals surface area contributed by atoms with Gasteiger partial charge in [-0.1, -0.05) is 126 Å². The molecular formula is C106H156N20O13. The Morgan fingerprint density at radius 2 is 0.727 bits per heavy atom. The third kappa shape index (κ3) is 31.5. The van der Waals surface area contributed by atoms with E-state index < -0.39 is 24.4 Å². The summed E-state index contributed by atoms with van der Waals surface area (Å²) >= 11 is 0. The molecule has 33 heteroatoms. The zero-order chi connectivity index (χ0) is 97.4. The molecule has 6 atom stereocenters. The fraction of sp³-hybridized carbons (Fsp3) is 0.613. The summed E-state index contributed by atoms with van der Waals surface area (Å²) in [5.41, 5.74) is 3.83. The maximum atomic E-state index is 13.6. The van der Waals surface area contributed by atoms with Crippen molar-refractivity contribution in [3.05, 3.63) is 127 Å². The molecular weight excluding hydrogens is 1760 g/mol. The maximum absolute atomic E-state index is 13.6. The molecule has 0 radical (unpaired) electrons. The third-order valence-electron chi connectivity index (χ3n) is 28.2. The number of aliphatic hydroxyl groups excluding tert-OH is 6. The second-order valence-electron chi connectivity index (χ2n) is 39.2. The number of rotatable bonds is 40. The van der Waals surface area contributed by atoms with Gasteiger partial charge in [0.1, 0.15) is 120 Å². The summed E-state index contributed by atoms with van der Waals surface area (Å²) in [4.78, 5) is 66.5. The highest BCUT2D eigenvalue weighted by atomic mass is 16.5. The van der Waals surface area contributed by atoms with Crippen LogP contribution in [-0.4, -0.2) is 315 Å². The Morgan fingerprint density at radius 3 is 1.11 bits per heavy atom. The first-order valence-electron chi connectivity index (χ1n) is 51.5. The molecule has 17 rings (SSSR count). The number of hydrogen-bond donors (Lipinski definition) is 12. The molecule has 139 heavy (non-hydrogen) atoms. The standard InChI is InChI=1S/C28H41N5O4.C27H39N5O3.C26H39N5O3.C25H37N5O3/c1-29-18-23(34)19-37-24-11-7-8-20(16-24)27-30-25(28(35)33(3)22-12-14-36-15-13-22)17-26(31-27)32(2)21-9-5-4-6-10-21;1-28-18-23(33)19-35-24-9-5-6-20(16-24)27-29-25(31-12-14-34-15-13-31)17-26(30-27)32(22-10-11-22)21-7-3-2-4-8-21;1-27-16-22(33)17-34-23-10-6-7-18(13-23)26-29-24(28-19-11-12-21(32)14-19)15-25(30-26)31(2)20-8-4-3-5-9-20;1-26-15-21(32)16-33-22-10-6-7-17(11-22)25-28-23(27-18-12-20(31)13-18)14-24(29-25)30(2)19-8-4-3-5-9-19/h7-8,11,16-17,21-23,29,34H,4-6,9-10,12-15,18-19H2,1-3H3;5-6,9,16-17,21-23,28,33H,2-4,7-8,10-15,18-19H2,1H3;6-7,10,13,15,19-22,27,32-33H,3-5,8-9,11-12,14,16-17H2,1-2H3,(H,28,29,30);6-7,10-11,14,18-21,26,31-32H,3-5,8-9,12-13,15-16H2,1-2H3,(H,27,28,29)/t;;19-,21-,22?;/m..1./s1. The highest BCUT2D eigenvalue weighted by molar-refractivity contribution is 5.93. The van der Waals surface area contributed by atoms with Crippen LogP contribution in [0.5, 0.6) is 23.0 Å². The average Bonchev–Trinajstić information content (AvgIpc) is 1.75. The molecule has 12 N–H and O–H groups in total. The van der Waals surface area contributed by atoms with Crippen molar-refractivity contribution >= 4 is 46.6 Å². The third-order valence-corrected chi connectivity index (χ3v) is 28.2. The number of ether oxygens (including phenoxy) is 6. The second kappa shape index (κ2) is 53.7. The topological polar surface area (TPSA) is 389 Å². The lowest BCUT2D eigenvalue weighted by molar-refractivity contribution is 0.0358. The van der Waals surface area contributed by atoms with Gasteiger partial charge in [-0.2, -0.15) is 0 Å². The number of benzene rings is 4. The molecule has 0 bridgehead atoms. The fourth-order valence-corrected chi connectivity index (χ4v) is 20.0. The molecule has 4 aromatic heterocycles. The number of carbonyl (C=O) groups excluding carboxylic acids is 1. The van der Waals surface area contributed by atoms with Gasteiger partial charge in [-0.25, -0.2) is 39.9 Å². The highest BCUT2D eigenvalue weighted by Gasteiger charge is 2.38. The van der Waals surface area contributed by atoms with Gasteiger partial charge in [-0.3, -0.25) is 4.79 Å². The summed E-state index contributed by atoms with van der Waals surface area (Å²) in [5, 5.41) is 78.4. The van der Waals surface area contributed by atoms with Gasteiger partial charge in [0.25, 0.3) is 5.91 Å². The summed E-state index contributed by atoms with van der Waals surface area (Å²) in [6, 6.07) is 42.1. The number of anilines is 7. The average molecular weight is 1920 g/mol.